The Morgan fingerprint density at radius 3 is 2.57 bits per heavy atom. The maximum absolute atomic E-state index is 12.6. The van der Waals surface area contributed by atoms with Gasteiger partial charge < -0.3 is 15.2 Å². The number of benzene rings is 2. The van der Waals surface area contributed by atoms with E-state index in [9.17, 15) is 9.90 Å². The van der Waals surface area contributed by atoms with Gasteiger partial charge in [-0.3, -0.25) is 4.79 Å². The Labute approximate surface area is 136 Å². The molecular formula is C19H23NO3. The van der Waals surface area contributed by atoms with Crippen molar-refractivity contribution >= 4 is 16.7 Å². The highest BCUT2D eigenvalue weighted by molar-refractivity contribution is 6.00. The van der Waals surface area contributed by atoms with Crippen LogP contribution in [0.1, 0.15) is 44.5 Å². The fourth-order valence-electron chi connectivity index (χ4n) is 3.45. The largest absolute Gasteiger partial charge is 0.507 e. The van der Waals surface area contributed by atoms with E-state index in [0.29, 0.717) is 5.56 Å². The maximum Gasteiger partial charge on any atom is 0.251 e. The number of fused-ring (bicyclic) bond motifs is 1. The van der Waals surface area contributed by atoms with E-state index < -0.39 is 5.60 Å². The first-order valence-corrected chi connectivity index (χ1v) is 7.91. The molecule has 0 radical (unpaired) electrons. The molecule has 1 unspecified atom stereocenters. The molecule has 4 heteroatoms. The zero-order chi connectivity index (χ0) is 16.8. The molecule has 1 heterocycles. The van der Waals surface area contributed by atoms with Crippen LogP contribution in [0.25, 0.3) is 10.8 Å². The molecule has 1 aliphatic heterocycles. The monoisotopic (exact) mass is 313 g/mol. The minimum Gasteiger partial charge on any atom is -0.507 e. The van der Waals surface area contributed by atoms with Crippen LogP contribution in [-0.4, -0.2) is 28.3 Å². The first kappa shape index (κ1) is 15.8. The highest BCUT2D eigenvalue weighted by atomic mass is 16.5. The minimum atomic E-state index is -0.419. The molecule has 2 aromatic carbocycles. The molecule has 2 N–H and O–H groups in total. The van der Waals surface area contributed by atoms with Crippen molar-refractivity contribution in [2.24, 2.45) is 0 Å². The molecule has 0 spiro atoms. The maximum atomic E-state index is 12.6. The average Bonchev–Trinajstić information content (AvgIpc) is 2.66. The number of hydrogen-bond donors (Lipinski definition) is 2. The first-order chi connectivity index (χ1) is 10.7. The Hall–Kier alpha value is -2.07. The van der Waals surface area contributed by atoms with Crippen molar-refractivity contribution in [2.75, 3.05) is 0 Å². The standard InChI is InChI=1S/C19H23NO3/c1-18(2)11-16(19(3,4)23-18)20-17(22)13-9-12-7-5-6-8-14(12)15(21)10-13/h5-10,16,21H,11H2,1-4H3,(H,20,22). The molecule has 122 valence electrons. The number of ether oxygens (including phenoxy) is 1. The van der Waals surface area contributed by atoms with E-state index >= 15 is 0 Å². The molecule has 1 atom stereocenters. The summed E-state index contributed by atoms with van der Waals surface area (Å²) in [6, 6.07) is 10.7. The van der Waals surface area contributed by atoms with Gasteiger partial charge in [-0.25, -0.2) is 0 Å². The summed E-state index contributed by atoms with van der Waals surface area (Å²) >= 11 is 0. The highest BCUT2D eigenvalue weighted by Gasteiger charge is 2.46. The van der Waals surface area contributed by atoms with E-state index in [-0.39, 0.29) is 23.3 Å². The van der Waals surface area contributed by atoms with Crippen LogP contribution in [0.3, 0.4) is 0 Å². The average molecular weight is 313 g/mol. The van der Waals surface area contributed by atoms with Crippen LogP contribution in [0.2, 0.25) is 0 Å². The second-order valence-corrected chi connectivity index (χ2v) is 7.41. The number of phenols is 1. The van der Waals surface area contributed by atoms with Crippen molar-refractivity contribution < 1.29 is 14.6 Å². The lowest BCUT2D eigenvalue weighted by atomic mass is 9.94. The van der Waals surface area contributed by atoms with Gasteiger partial charge in [-0.1, -0.05) is 24.3 Å². The van der Waals surface area contributed by atoms with Crippen LogP contribution < -0.4 is 5.32 Å². The number of aromatic hydroxyl groups is 1. The molecule has 1 fully saturated rings. The van der Waals surface area contributed by atoms with Gasteiger partial charge in [-0.05, 0) is 51.6 Å². The zero-order valence-electron chi connectivity index (χ0n) is 14.0. The van der Waals surface area contributed by atoms with Gasteiger partial charge in [0, 0.05) is 10.9 Å². The number of nitrogens with one attached hydrogen (secondary N) is 1. The summed E-state index contributed by atoms with van der Waals surface area (Å²) in [5.74, 6) is -0.0686. The van der Waals surface area contributed by atoms with Crippen molar-refractivity contribution in [3.05, 3.63) is 42.0 Å². The third-order valence-electron chi connectivity index (χ3n) is 4.48. The molecule has 4 nitrogen and oxygen atoms in total. The lowest BCUT2D eigenvalue weighted by Gasteiger charge is -2.27. The predicted octanol–water partition coefficient (Wildman–Crippen LogP) is 3.62. The molecule has 1 amide bonds. The van der Waals surface area contributed by atoms with E-state index in [1.807, 2.05) is 52.0 Å². The van der Waals surface area contributed by atoms with Gasteiger partial charge in [-0.2, -0.15) is 0 Å². The Morgan fingerprint density at radius 2 is 1.91 bits per heavy atom. The van der Waals surface area contributed by atoms with Crippen LogP contribution in [0.4, 0.5) is 0 Å². The van der Waals surface area contributed by atoms with Gasteiger partial charge in [0.15, 0.2) is 0 Å². The number of hydrogen-bond acceptors (Lipinski definition) is 3. The molecule has 0 aliphatic carbocycles. The van der Waals surface area contributed by atoms with Gasteiger partial charge in [0.05, 0.1) is 17.2 Å². The topological polar surface area (TPSA) is 58.6 Å². The summed E-state index contributed by atoms with van der Waals surface area (Å²) in [5.41, 5.74) is -0.216. The van der Waals surface area contributed by atoms with E-state index in [0.717, 1.165) is 17.2 Å². The second kappa shape index (κ2) is 5.24. The van der Waals surface area contributed by atoms with Crippen LogP contribution in [-0.2, 0) is 4.74 Å². The molecular weight excluding hydrogens is 290 g/mol. The number of phenolic OH excluding ortho intramolecular Hbond substituents is 1. The van der Waals surface area contributed by atoms with Crippen molar-refractivity contribution in [3.8, 4) is 5.75 Å². The van der Waals surface area contributed by atoms with Crippen LogP contribution in [0, 0.1) is 0 Å². The third kappa shape index (κ3) is 3.04. The van der Waals surface area contributed by atoms with Gasteiger partial charge >= 0.3 is 0 Å². The van der Waals surface area contributed by atoms with E-state index in [2.05, 4.69) is 5.32 Å². The Kier molecular flexibility index (Phi) is 3.60. The summed E-state index contributed by atoms with van der Waals surface area (Å²) < 4.78 is 6.02. The van der Waals surface area contributed by atoms with Crippen LogP contribution in [0.15, 0.2) is 36.4 Å². The fourth-order valence-corrected chi connectivity index (χ4v) is 3.45. The van der Waals surface area contributed by atoms with Crippen molar-refractivity contribution in [3.63, 3.8) is 0 Å². The predicted molar refractivity (Wildman–Crippen MR) is 90.7 cm³/mol. The van der Waals surface area contributed by atoms with Crippen molar-refractivity contribution in [1.29, 1.82) is 0 Å². The summed E-state index contributed by atoms with van der Waals surface area (Å²) in [6.45, 7) is 8.04. The number of carbonyl (C=O) groups excluding carboxylic acids is 1. The molecule has 0 saturated carbocycles. The number of amides is 1. The van der Waals surface area contributed by atoms with Gasteiger partial charge in [0.25, 0.3) is 5.91 Å². The van der Waals surface area contributed by atoms with Gasteiger partial charge in [-0.15, -0.1) is 0 Å². The third-order valence-corrected chi connectivity index (χ3v) is 4.48. The Morgan fingerprint density at radius 1 is 1.22 bits per heavy atom. The zero-order valence-corrected chi connectivity index (χ0v) is 14.0. The summed E-state index contributed by atoms with van der Waals surface area (Å²) in [5, 5.41) is 14.8. The molecule has 1 saturated heterocycles. The van der Waals surface area contributed by atoms with Crippen LogP contribution >= 0.6 is 0 Å². The Balaban J connectivity index is 1.87. The van der Waals surface area contributed by atoms with E-state index in [1.165, 1.54) is 6.07 Å². The SMILES string of the molecule is CC1(C)CC(NC(=O)c2cc(O)c3ccccc3c2)C(C)(C)O1. The number of carbonyl (C=O) groups is 1. The molecule has 0 bridgehead atoms. The first-order valence-electron chi connectivity index (χ1n) is 7.91. The minimum absolute atomic E-state index is 0.0707. The molecule has 2 aromatic rings. The lowest BCUT2D eigenvalue weighted by molar-refractivity contribution is -0.0693. The molecule has 0 aromatic heterocycles. The van der Waals surface area contributed by atoms with Crippen molar-refractivity contribution in [2.45, 2.75) is 51.4 Å². The quantitative estimate of drug-likeness (QED) is 0.890. The Bertz CT molecular complexity index is 764. The highest BCUT2D eigenvalue weighted by Crippen LogP contribution is 2.37. The summed E-state index contributed by atoms with van der Waals surface area (Å²) in [6.07, 6.45) is 0.755. The van der Waals surface area contributed by atoms with E-state index in [4.69, 9.17) is 4.74 Å². The fraction of sp³-hybridized carbons (Fsp3) is 0.421. The lowest BCUT2D eigenvalue weighted by Crippen LogP contribution is -2.46. The molecule has 23 heavy (non-hydrogen) atoms. The van der Waals surface area contributed by atoms with Crippen molar-refractivity contribution in [1.82, 2.24) is 5.32 Å². The second-order valence-electron chi connectivity index (χ2n) is 7.41. The molecule has 1 aliphatic rings. The summed E-state index contributed by atoms with van der Waals surface area (Å²) in [4.78, 5) is 12.6. The normalized spacial score (nSPS) is 22.2. The molecule has 3 rings (SSSR count). The number of rotatable bonds is 2. The van der Waals surface area contributed by atoms with E-state index in [1.54, 1.807) is 6.07 Å². The van der Waals surface area contributed by atoms with Gasteiger partial charge in [0.2, 0.25) is 0 Å². The smallest absolute Gasteiger partial charge is 0.251 e. The van der Waals surface area contributed by atoms with Crippen LogP contribution in [0.5, 0.6) is 5.75 Å². The van der Waals surface area contributed by atoms with Gasteiger partial charge in [0.1, 0.15) is 5.75 Å². The summed E-state index contributed by atoms with van der Waals surface area (Å²) in [7, 11) is 0.